The topological polar surface area (TPSA) is 70.2 Å². The zero-order valence-electron chi connectivity index (χ0n) is 17.3. The smallest absolute Gasteiger partial charge is 0.264 e. The van der Waals surface area contributed by atoms with Crippen LogP contribution in [0.3, 0.4) is 0 Å². The van der Waals surface area contributed by atoms with Crippen LogP contribution in [0.5, 0.6) is 0 Å². The second-order valence-electron chi connectivity index (χ2n) is 7.46. The van der Waals surface area contributed by atoms with Crippen molar-refractivity contribution in [2.24, 2.45) is 4.99 Å². The van der Waals surface area contributed by atoms with Crippen molar-refractivity contribution in [2.75, 3.05) is 0 Å². The van der Waals surface area contributed by atoms with Crippen LogP contribution < -0.4 is 5.32 Å². The number of carbonyl (C=O) groups is 1. The van der Waals surface area contributed by atoms with E-state index in [1.807, 2.05) is 79.0 Å². The molecule has 0 unspecified atom stereocenters. The Labute approximate surface area is 203 Å². The van der Waals surface area contributed by atoms with Crippen LogP contribution >= 0.6 is 27.7 Å². The van der Waals surface area contributed by atoms with Gasteiger partial charge in [0, 0.05) is 33.7 Å². The number of aliphatic imine (C=N–C) groups is 1. The van der Waals surface area contributed by atoms with E-state index in [0.717, 1.165) is 32.2 Å². The summed E-state index contributed by atoms with van der Waals surface area (Å²) in [5.41, 5.74) is 4.38. The third-order valence-corrected chi connectivity index (χ3v) is 6.73. The van der Waals surface area contributed by atoms with Gasteiger partial charge in [0.2, 0.25) is 0 Å². The Hall–Kier alpha value is -3.60. The number of rotatable bonds is 4. The van der Waals surface area contributed by atoms with Crippen molar-refractivity contribution in [3.8, 4) is 6.07 Å². The minimum Gasteiger partial charge on any atom is -0.342 e. The van der Waals surface area contributed by atoms with Crippen molar-refractivity contribution < 1.29 is 4.79 Å². The van der Waals surface area contributed by atoms with Crippen LogP contribution in [0.15, 0.2) is 93.4 Å². The molecule has 0 bridgehead atoms. The fraction of sp³-hybridized carbons (Fsp3) is 0.0385. The molecule has 1 saturated heterocycles. The molecule has 1 aliphatic heterocycles. The lowest BCUT2D eigenvalue weighted by Crippen LogP contribution is -2.19. The number of aromatic nitrogens is 1. The van der Waals surface area contributed by atoms with Gasteiger partial charge >= 0.3 is 0 Å². The van der Waals surface area contributed by atoms with Gasteiger partial charge in [-0.05, 0) is 59.8 Å². The number of para-hydroxylation sites is 1. The van der Waals surface area contributed by atoms with Crippen molar-refractivity contribution in [1.29, 1.82) is 5.26 Å². The van der Waals surface area contributed by atoms with E-state index < -0.39 is 0 Å². The Kier molecular flexibility index (Phi) is 5.86. The number of thioether (sulfide) groups is 1. The first-order valence-corrected chi connectivity index (χ1v) is 11.8. The largest absolute Gasteiger partial charge is 0.342 e. The second kappa shape index (κ2) is 9.10. The van der Waals surface area contributed by atoms with Crippen molar-refractivity contribution in [3.05, 3.63) is 105 Å². The summed E-state index contributed by atoms with van der Waals surface area (Å²) in [5.74, 6) is -0.164. The lowest BCUT2D eigenvalue weighted by molar-refractivity contribution is -0.115. The molecule has 0 spiro atoms. The number of halogens is 1. The molecule has 3 aromatic carbocycles. The minimum absolute atomic E-state index is 0.164. The number of amidine groups is 1. The average molecular weight is 513 g/mol. The summed E-state index contributed by atoms with van der Waals surface area (Å²) in [7, 11) is 0. The maximum Gasteiger partial charge on any atom is 0.264 e. The van der Waals surface area contributed by atoms with Gasteiger partial charge in [-0.15, -0.1) is 0 Å². The fourth-order valence-electron chi connectivity index (χ4n) is 3.73. The van der Waals surface area contributed by atoms with Gasteiger partial charge in [-0.3, -0.25) is 4.79 Å². The number of nitrogens with zero attached hydrogens (tertiary/aromatic N) is 3. The number of fused-ring (bicyclic) bond motifs is 1. The maximum absolute atomic E-state index is 12.6. The van der Waals surface area contributed by atoms with E-state index in [0.29, 0.717) is 22.2 Å². The van der Waals surface area contributed by atoms with Gasteiger partial charge in [-0.25, -0.2) is 4.99 Å². The molecule has 2 heterocycles. The molecule has 0 saturated carbocycles. The third kappa shape index (κ3) is 4.49. The number of nitriles is 1. The summed E-state index contributed by atoms with van der Waals surface area (Å²) in [4.78, 5) is 17.7. The van der Waals surface area contributed by atoms with E-state index in [1.54, 1.807) is 0 Å². The molecule has 1 amide bonds. The second-order valence-corrected chi connectivity index (χ2v) is 9.40. The monoisotopic (exact) mass is 512 g/mol. The van der Waals surface area contributed by atoms with Crippen LogP contribution in [0.2, 0.25) is 0 Å². The molecule has 0 atom stereocenters. The molecule has 5 nitrogen and oxygen atoms in total. The van der Waals surface area contributed by atoms with Crippen LogP contribution in [0.25, 0.3) is 17.0 Å². The van der Waals surface area contributed by atoms with Gasteiger partial charge < -0.3 is 9.88 Å². The quantitative estimate of drug-likeness (QED) is 0.330. The standard InChI is InChI=1S/C26H17BrN4OS/c27-20-9-11-21(12-10-20)29-26-30-25(32)24(33-26)13-19-16-31(23-8-4-3-7-22(19)23)15-18-6-2-1-5-17(18)14-28/h1-13,16H,15H2,(H,29,30,32)/b24-13-. The highest BCUT2D eigenvalue weighted by atomic mass is 79.9. The molecular formula is C26H17BrN4OS. The summed E-state index contributed by atoms with van der Waals surface area (Å²) < 4.78 is 3.09. The normalized spacial score (nSPS) is 15.8. The average Bonchev–Trinajstić information content (AvgIpc) is 3.35. The molecule has 33 heavy (non-hydrogen) atoms. The third-order valence-electron chi connectivity index (χ3n) is 5.29. The minimum atomic E-state index is -0.164. The van der Waals surface area contributed by atoms with Gasteiger partial charge in [-0.2, -0.15) is 5.26 Å². The highest BCUT2D eigenvalue weighted by Crippen LogP contribution is 2.31. The molecule has 1 aliphatic rings. The predicted octanol–water partition coefficient (Wildman–Crippen LogP) is 6.22. The van der Waals surface area contributed by atoms with Gasteiger partial charge in [0.15, 0.2) is 5.17 Å². The van der Waals surface area contributed by atoms with E-state index in [-0.39, 0.29) is 5.91 Å². The molecule has 7 heteroatoms. The SMILES string of the molecule is N#Cc1ccccc1Cn1cc(/C=C2\SC(=Nc3ccc(Br)cc3)NC2=O)c2ccccc21. The molecule has 4 aromatic rings. The number of amides is 1. The van der Waals surface area contributed by atoms with E-state index in [2.05, 4.69) is 42.9 Å². The molecular weight excluding hydrogens is 496 g/mol. The lowest BCUT2D eigenvalue weighted by Gasteiger charge is -2.07. The Morgan fingerprint density at radius 3 is 2.64 bits per heavy atom. The van der Waals surface area contributed by atoms with E-state index in [9.17, 15) is 10.1 Å². The number of hydrogen-bond acceptors (Lipinski definition) is 4. The van der Waals surface area contributed by atoms with Gasteiger partial charge in [-0.1, -0.05) is 52.3 Å². The summed E-state index contributed by atoms with van der Waals surface area (Å²) in [6.07, 6.45) is 3.93. The summed E-state index contributed by atoms with van der Waals surface area (Å²) in [5, 5.41) is 13.9. The first-order chi connectivity index (χ1) is 16.1. The van der Waals surface area contributed by atoms with Crippen molar-refractivity contribution >= 4 is 61.4 Å². The van der Waals surface area contributed by atoms with Crippen LogP contribution in [-0.2, 0) is 11.3 Å². The molecule has 0 aliphatic carbocycles. The molecule has 0 radical (unpaired) electrons. The number of hydrogen-bond donors (Lipinski definition) is 1. The van der Waals surface area contributed by atoms with Crippen LogP contribution in [0, 0.1) is 11.3 Å². The van der Waals surface area contributed by atoms with Crippen molar-refractivity contribution in [3.63, 3.8) is 0 Å². The molecule has 160 valence electrons. The Morgan fingerprint density at radius 2 is 1.82 bits per heavy atom. The summed E-state index contributed by atoms with van der Waals surface area (Å²) in [6, 6.07) is 25.5. The molecule has 1 fully saturated rings. The number of benzene rings is 3. The van der Waals surface area contributed by atoms with Gasteiger partial charge in [0.05, 0.1) is 22.2 Å². The highest BCUT2D eigenvalue weighted by molar-refractivity contribution is 9.10. The zero-order valence-corrected chi connectivity index (χ0v) is 19.7. The molecule has 1 N–H and O–H groups in total. The molecule has 5 rings (SSSR count). The molecule has 1 aromatic heterocycles. The van der Waals surface area contributed by atoms with Crippen LogP contribution in [-0.4, -0.2) is 15.6 Å². The Morgan fingerprint density at radius 1 is 1.06 bits per heavy atom. The number of carbonyl (C=O) groups excluding carboxylic acids is 1. The fourth-order valence-corrected chi connectivity index (χ4v) is 4.82. The van der Waals surface area contributed by atoms with Gasteiger partial charge in [0.25, 0.3) is 5.91 Å². The highest BCUT2D eigenvalue weighted by Gasteiger charge is 2.24. The summed E-state index contributed by atoms with van der Waals surface area (Å²) >= 11 is 4.74. The van der Waals surface area contributed by atoms with E-state index in [1.165, 1.54) is 11.8 Å². The predicted molar refractivity (Wildman–Crippen MR) is 137 cm³/mol. The Balaban J connectivity index is 1.48. The first kappa shape index (κ1) is 21.3. The van der Waals surface area contributed by atoms with Crippen molar-refractivity contribution in [2.45, 2.75) is 6.54 Å². The maximum atomic E-state index is 12.6. The van der Waals surface area contributed by atoms with E-state index in [4.69, 9.17) is 0 Å². The van der Waals surface area contributed by atoms with Crippen LogP contribution in [0.1, 0.15) is 16.7 Å². The zero-order chi connectivity index (χ0) is 22.8. The number of nitrogens with one attached hydrogen (secondary N) is 1. The Bertz CT molecular complexity index is 1480. The first-order valence-electron chi connectivity index (χ1n) is 10.2. The van der Waals surface area contributed by atoms with Crippen LogP contribution in [0.4, 0.5) is 5.69 Å². The van der Waals surface area contributed by atoms with Gasteiger partial charge in [0.1, 0.15) is 0 Å². The summed E-state index contributed by atoms with van der Waals surface area (Å²) in [6.45, 7) is 0.572. The van der Waals surface area contributed by atoms with E-state index >= 15 is 0 Å². The lowest BCUT2D eigenvalue weighted by atomic mass is 10.1. The van der Waals surface area contributed by atoms with Crippen molar-refractivity contribution in [1.82, 2.24) is 9.88 Å².